The SMILES string of the molecule is O=C(NCc1ccc(OCCC(F)(F)F)nc1)c1ccncc1. The second-order valence-electron chi connectivity index (χ2n) is 4.64. The molecule has 1 amide bonds. The van der Waals surface area contributed by atoms with Crippen LogP contribution in [-0.2, 0) is 6.54 Å². The molecule has 8 heteroatoms. The summed E-state index contributed by atoms with van der Waals surface area (Å²) in [6.07, 6.45) is -0.807. The molecule has 2 aromatic heterocycles. The minimum absolute atomic E-state index is 0.110. The highest BCUT2D eigenvalue weighted by Crippen LogP contribution is 2.19. The zero-order chi connectivity index (χ0) is 16.7. The lowest BCUT2D eigenvalue weighted by molar-refractivity contribution is -0.139. The highest BCUT2D eigenvalue weighted by Gasteiger charge is 2.26. The fourth-order valence-electron chi connectivity index (χ4n) is 1.66. The van der Waals surface area contributed by atoms with E-state index in [0.29, 0.717) is 11.1 Å². The van der Waals surface area contributed by atoms with Crippen LogP contribution in [0, 0.1) is 0 Å². The number of ether oxygens (including phenoxy) is 1. The van der Waals surface area contributed by atoms with Crippen LogP contribution in [0.25, 0.3) is 0 Å². The van der Waals surface area contributed by atoms with E-state index in [1.165, 1.54) is 24.7 Å². The molecule has 0 unspecified atom stereocenters. The maximum atomic E-state index is 12.0. The third-order valence-corrected chi connectivity index (χ3v) is 2.83. The van der Waals surface area contributed by atoms with Crippen LogP contribution in [0.1, 0.15) is 22.3 Å². The van der Waals surface area contributed by atoms with E-state index in [9.17, 15) is 18.0 Å². The molecule has 122 valence electrons. The van der Waals surface area contributed by atoms with Crippen LogP contribution >= 0.6 is 0 Å². The van der Waals surface area contributed by atoms with Gasteiger partial charge in [0.05, 0.1) is 13.0 Å². The van der Waals surface area contributed by atoms with Crippen molar-refractivity contribution in [2.75, 3.05) is 6.61 Å². The lowest BCUT2D eigenvalue weighted by Crippen LogP contribution is -2.22. The van der Waals surface area contributed by atoms with E-state index >= 15 is 0 Å². The van der Waals surface area contributed by atoms with Crippen molar-refractivity contribution >= 4 is 5.91 Å². The molecule has 0 atom stereocenters. The number of aromatic nitrogens is 2. The Morgan fingerprint density at radius 1 is 1.17 bits per heavy atom. The number of hydrogen-bond acceptors (Lipinski definition) is 4. The third kappa shape index (κ3) is 5.93. The molecule has 0 radical (unpaired) electrons. The Hall–Kier alpha value is -2.64. The standard InChI is InChI=1S/C15H14F3N3O2/c16-15(17,18)5-8-23-13-2-1-11(9-20-13)10-21-14(22)12-3-6-19-7-4-12/h1-4,6-7,9H,5,8,10H2,(H,21,22). The Kier molecular flexibility index (Phi) is 5.51. The average molecular weight is 325 g/mol. The van der Waals surface area contributed by atoms with Crippen LogP contribution in [0.4, 0.5) is 13.2 Å². The maximum absolute atomic E-state index is 12.0. The molecule has 0 fully saturated rings. The van der Waals surface area contributed by atoms with Crippen LogP contribution in [0.2, 0.25) is 0 Å². The number of amides is 1. The Labute approximate surface area is 130 Å². The maximum Gasteiger partial charge on any atom is 0.392 e. The number of alkyl halides is 3. The number of nitrogens with one attached hydrogen (secondary N) is 1. The first-order valence-electron chi connectivity index (χ1n) is 6.77. The summed E-state index contributed by atoms with van der Waals surface area (Å²) in [5.41, 5.74) is 1.19. The zero-order valence-corrected chi connectivity index (χ0v) is 12.0. The van der Waals surface area contributed by atoms with Gasteiger partial charge in [0.15, 0.2) is 0 Å². The number of hydrogen-bond donors (Lipinski definition) is 1. The van der Waals surface area contributed by atoms with Crippen molar-refractivity contribution in [2.24, 2.45) is 0 Å². The highest BCUT2D eigenvalue weighted by molar-refractivity contribution is 5.93. The first-order valence-corrected chi connectivity index (χ1v) is 6.77. The molecular weight excluding hydrogens is 311 g/mol. The van der Waals surface area contributed by atoms with Gasteiger partial charge in [-0.15, -0.1) is 0 Å². The Balaban J connectivity index is 1.80. The molecule has 2 aromatic rings. The van der Waals surface area contributed by atoms with Gasteiger partial charge >= 0.3 is 6.18 Å². The lowest BCUT2D eigenvalue weighted by atomic mass is 10.2. The van der Waals surface area contributed by atoms with Gasteiger partial charge in [-0.2, -0.15) is 13.2 Å². The number of nitrogens with zero attached hydrogens (tertiary/aromatic N) is 2. The summed E-state index contributed by atoms with van der Waals surface area (Å²) in [4.78, 5) is 19.5. The predicted octanol–water partition coefficient (Wildman–Crippen LogP) is 2.74. The lowest BCUT2D eigenvalue weighted by Gasteiger charge is -2.09. The van der Waals surface area contributed by atoms with E-state index in [1.54, 1.807) is 18.2 Å². The molecule has 23 heavy (non-hydrogen) atoms. The molecule has 2 rings (SSSR count). The minimum Gasteiger partial charge on any atom is -0.477 e. The van der Waals surface area contributed by atoms with Crippen LogP contribution in [0.3, 0.4) is 0 Å². The van der Waals surface area contributed by atoms with Crippen molar-refractivity contribution in [1.82, 2.24) is 15.3 Å². The van der Waals surface area contributed by atoms with Crippen LogP contribution in [0.15, 0.2) is 42.9 Å². The normalized spacial score (nSPS) is 11.1. The molecule has 0 saturated heterocycles. The molecule has 1 N–H and O–H groups in total. The van der Waals surface area contributed by atoms with E-state index in [4.69, 9.17) is 4.74 Å². The second-order valence-corrected chi connectivity index (χ2v) is 4.64. The predicted molar refractivity (Wildman–Crippen MR) is 75.8 cm³/mol. The van der Waals surface area contributed by atoms with Gasteiger partial charge in [-0.1, -0.05) is 6.07 Å². The van der Waals surface area contributed by atoms with E-state index in [0.717, 1.165) is 0 Å². The van der Waals surface area contributed by atoms with E-state index in [2.05, 4.69) is 15.3 Å². The van der Waals surface area contributed by atoms with Crippen LogP contribution in [0.5, 0.6) is 5.88 Å². The molecule has 0 aliphatic carbocycles. The molecule has 0 spiro atoms. The molecular formula is C15H14F3N3O2. The fourth-order valence-corrected chi connectivity index (χ4v) is 1.66. The summed E-state index contributed by atoms with van der Waals surface area (Å²) in [7, 11) is 0. The van der Waals surface area contributed by atoms with Crippen molar-refractivity contribution < 1.29 is 22.7 Å². The largest absolute Gasteiger partial charge is 0.477 e. The molecule has 0 aliphatic heterocycles. The van der Waals surface area contributed by atoms with E-state index < -0.39 is 19.2 Å². The van der Waals surface area contributed by atoms with Gasteiger partial charge in [0.1, 0.15) is 0 Å². The van der Waals surface area contributed by atoms with E-state index in [-0.39, 0.29) is 18.3 Å². The van der Waals surface area contributed by atoms with Gasteiger partial charge in [-0.3, -0.25) is 9.78 Å². The van der Waals surface area contributed by atoms with Crippen molar-refractivity contribution in [3.05, 3.63) is 54.0 Å². The number of pyridine rings is 2. The third-order valence-electron chi connectivity index (χ3n) is 2.83. The Morgan fingerprint density at radius 3 is 2.52 bits per heavy atom. The highest BCUT2D eigenvalue weighted by atomic mass is 19.4. The van der Waals surface area contributed by atoms with Crippen LogP contribution in [-0.4, -0.2) is 28.7 Å². The number of rotatable bonds is 6. The van der Waals surface area contributed by atoms with Crippen molar-refractivity contribution in [2.45, 2.75) is 19.1 Å². The number of carbonyl (C=O) groups excluding carboxylic acids is 1. The monoisotopic (exact) mass is 325 g/mol. The van der Waals surface area contributed by atoms with Gasteiger partial charge in [0, 0.05) is 36.8 Å². The number of carbonyl (C=O) groups is 1. The van der Waals surface area contributed by atoms with Crippen molar-refractivity contribution in [3.8, 4) is 5.88 Å². The zero-order valence-electron chi connectivity index (χ0n) is 12.0. The fraction of sp³-hybridized carbons (Fsp3) is 0.267. The van der Waals surface area contributed by atoms with Crippen molar-refractivity contribution in [1.29, 1.82) is 0 Å². The van der Waals surface area contributed by atoms with Gasteiger partial charge in [0.25, 0.3) is 5.91 Å². The van der Waals surface area contributed by atoms with Gasteiger partial charge in [0.2, 0.25) is 5.88 Å². The van der Waals surface area contributed by atoms with Gasteiger partial charge in [-0.05, 0) is 17.7 Å². The van der Waals surface area contributed by atoms with Crippen molar-refractivity contribution in [3.63, 3.8) is 0 Å². The first-order chi connectivity index (χ1) is 10.9. The minimum atomic E-state index is -4.25. The summed E-state index contributed by atoms with van der Waals surface area (Å²) in [6, 6.07) is 6.27. The summed E-state index contributed by atoms with van der Waals surface area (Å²) in [5, 5.41) is 2.70. The Morgan fingerprint density at radius 2 is 1.91 bits per heavy atom. The average Bonchev–Trinajstić information content (AvgIpc) is 2.53. The summed E-state index contributed by atoms with van der Waals surface area (Å²) in [5.74, 6) is -0.142. The second kappa shape index (κ2) is 7.57. The Bertz CT molecular complexity index is 631. The molecule has 5 nitrogen and oxygen atoms in total. The summed E-state index contributed by atoms with van der Waals surface area (Å²) < 4.78 is 40.9. The molecule has 2 heterocycles. The van der Waals surface area contributed by atoms with Crippen LogP contribution < -0.4 is 10.1 Å². The van der Waals surface area contributed by atoms with Gasteiger partial charge in [-0.25, -0.2) is 4.98 Å². The molecule has 0 aliphatic rings. The molecule has 0 bridgehead atoms. The molecule has 0 aromatic carbocycles. The quantitative estimate of drug-likeness (QED) is 0.887. The van der Waals surface area contributed by atoms with Gasteiger partial charge < -0.3 is 10.1 Å². The number of halogens is 3. The smallest absolute Gasteiger partial charge is 0.392 e. The first kappa shape index (κ1) is 16.7. The molecule has 0 saturated carbocycles. The summed E-state index contributed by atoms with van der Waals surface area (Å²) >= 11 is 0. The summed E-state index contributed by atoms with van der Waals surface area (Å²) in [6.45, 7) is -0.231. The topological polar surface area (TPSA) is 64.1 Å². The van der Waals surface area contributed by atoms with E-state index in [1.807, 2.05) is 0 Å².